The van der Waals surface area contributed by atoms with Gasteiger partial charge in [-0.15, -0.1) is 0 Å². The maximum Gasteiger partial charge on any atom is 0.196 e. The van der Waals surface area contributed by atoms with Crippen molar-refractivity contribution in [2.24, 2.45) is 0 Å². The van der Waals surface area contributed by atoms with Gasteiger partial charge in [0.1, 0.15) is 17.1 Å². The van der Waals surface area contributed by atoms with Gasteiger partial charge in [-0.2, -0.15) is 0 Å². The minimum Gasteiger partial charge on any atom is -0.508 e. The average molecular weight is 337 g/mol. The van der Waals surface area contributed by atoms with E-state index in [9.17, 15) is 15.0 Å². The number of phenolic OH excluding ortho intramolecular Hbond substituents is 2. The van der Waals surface area contributed by atoms with Crippen molar-refractivity contribution in [1.82, 2.24) is 0 Å². The van der Waals surface area contributed by atoms with Crippen molar-refractivity contribution in [3.8, 4) is 22.8 Å². The maximum atomic E-state index is 12.4. The zero-order valence-electron chi connectivity index (χ0n) is 11.4. The molecule has 0 saturated carbocycles. The molecule has 4 nitrogen and oxygen atoms in total. The van der Waals surface area contributed by atoms with Crippen LogP contribution < -0.4 is 5.43 Å². The number of benzene rings is 2. The third kappa shape index (κ3) is 2.30. The van der Waals surface area contributed by atoms with Crippen LogP contribution in [0.5, 0.6) is 11.5 Å². The van der Waals surface area contributed by atoms with E-state index in [4.69, 9.17) is 27.6 Å². The second-order valence-corrected chi connectivity index (χ2v) is 5.67. The van der Waals surface area contributed by atoms with Crippen LogP contribution >= 0.6 is 23.2 Å². The monoisotopic (exact) mass is 336 g/mol. The summed E-state index contributed by atoms with van der Waals surface area (Å²) < 4.78 is 5.75. The molecular weight excluding hydrogens is 327 g/mol. The van der Waals surface area contributed by atoms with Gasteiger partial charge in [-0.25, -0.2) is 0 Å². The molecule has 0 atom stereocenters. The predicted octanol–water partition coefficient (Wildman–Crippen LogP) is 4.49. The molecular formula is C16H10Cl2O4. The summed E-state index contributed by atoms with van der Waals surface area (Å²) in [6.45, 7) is 1.61. The summed E-state index contributed by atoms with van der Waals surface area (Å²) >= 11 is 11.8. The van der Waals surface area contributed by atoms with E-state index in [-0.39, 0.29) is 32.4 Å². The van der Waals surface area contributed by atoms with Crippen LogP contribution in [0.25, 0.3) is 22.3 Å². The van der Waals surface area contributed by atoms with E-state index in [1.54, 1.807) is 6.92 Å². The third-order valence-electron chi connectivity index (χ3n) is 3.38. The van der Waals surface area contributed by atoms with E-state index >= 15 is 0 Å². The molecule has 1 heterocycles. The Morgan fingerprint density at radius 1 is 1.05 bits per heavy atom. The van der Waals surface area contributed by atoms with E-state index < -0.39 is 0 Å². The molecule has 0 aliphatic carbocycles. The number of fused-ring (bicyclic) bond motifs is 1. The number of hydrogen-bond acceptors (Lipinski definition) is 4. The lowest BCUT2D eigenvalue weighted by Gasteiger charge is -2.09. The summed E-state index contributed by atoms with van der Waals surface area (Å²) in [5.74, 6) is 0.0763. The van der Waals surface area contributed by atoms with Crippen molar-refractivity contribution >= 4 is 34.2 Å². The van der Waals surface area contributed by atoms with Crippen LogP contribution in [-0.2, 0) is 0 Å². The number of phenols is 2. The molecule has 0 aliphatic rings. The Balaban J connectivity index is 2.35. The minimum absolute atomic E-state index is 0.0114. The van der Waals surface area contributed by atoms with Crippen LogP contribution in [-0.4, -0.2) is 10.2 Å². The van der Waals surface area contributed by atoms with Gasteiger partial charge in [0, 0.05) is 11.1 Å². The second kappa shape index (κ2) is 5.23. The number of halogens is 2. The lowest BCUT2D eigenvalue weighted by Crippen LogP contribution is -2.07. The van der Waals surface area contributed by atoms with Gasteiger partial charge < -0.3 is 14.6 Å². The first-order valence-corrected chi connectivity index (χ1v) is 7.09. The molecule has 3 rings (SSSR count). The standard InChI is InChI=1S/C16H10Cl2O4/c1-7-14(20)10-6-9(19)2-3-13(10)22-16(7)8-4-11(17)15(21)12(18)5-8/h2-6,19,21H,1H3. The van der Waals surface area contributed by atoms with Crippen LogP contribution in [0.3, 0.4) is 0 Å². The molecule has 112 valence electrons. The first kappa shape index (κ1) is 14.8. The third-order valence-corrected chi connectivity index (χ3v) is 3.96. The Labute approximate surface area is 135 Å². The zero-order chi connectivity index (χ0) is 16.0. The molecule has 0 spiro atoms. The maximum absolute atomic E-state index is 12.4. The predicted molar refractivity (Wildman–Crippen MR) is 86.0 cm³/mol. The fourth-order valence-electron chi connectivity index (χ4n) is 2.25. The SMILES string of the molecule is Cc1c(-c2cc(Cl)c(O)c(Cl)c2)oc2ccc(O)cc2c1=O. The van der Waals surface area contributed by atoms with Gasteiger partial charge in [0.2, 0.25) is 0 Å². The van der Waals surface area contributed by atoms with Gasteiger partial charge in [0.05, 0.1) is 15.4 Å². The second-order valence-electron chi connectivity index (χ2n) is 4.85. The van der Waals surface area contributed by atoms with E-state index in [1.807, 2.05) is 0 Å². The van der Waals surface area contributed by atoms with Crippen molar-refractivity contribution in [3.63, 3.8) is 0 Å². The van der Waals surface area contributed by atoms with Crippen LogP contribution in [0, 0.1) is 6.92 Å². The van der Waals surface area contributed by atoms with Gasteiger partial charge in [0.25, 0.3) is 0 Å². The number of aromatic hydroxyl groups is 2. The molecule has 0 unspecified atom stereocenters. The van der Waals surface area contributed by atoms with Crippen molar-refractivity contribution in [2.75, 3.05) is 0 Å². The first-order chi connectivity index (χ1) is 10.4. The number of hydrogen-bond donors (Lipinski definition) is 2. The van der Waals surface area contributed by atoms with Crippen LogP contribution in [0.4, 0.5) is 0 Å². The summed E-state index contributed by atoms with van der Waals surface area (Å²) in [4.78, 5) is 12.4. The molecule has 0 radical (unpaired) electrons. The molecule has 3 aromatic rings. The molecule has 0 aliphatic heterocycles. The summed E-state index contributed by atoms with van der Waals surface area (Å²) in [5.41, 5.74) is 0.921. The highest BCUT2D eigenvalue weighted by Crippen LogP contribution is 2.37. The lowest BCUT2D eigenvalue weighted by atomic mass is 10.1. The summed E-state index contributed by atoms with van der Waals surface area (Å²) in [6.07, 6.45) is 0. The van der Waals surface area contributed by atoms with E-state index in [1.165, 1.54) is 30.3 Å². The highest BCUT2D eigenvalue weighted by Gasteiger charge is 2.16. The minimum atomic E-state index is -0.257. The first-order valence-electron chi connectivity index (χ1n) is 6.33. The van der Waals surface area contributed by atoms with Crippen molar-refractivity contribution in [3.05, 3.63) is 56.2 Å². The van der Waals surface area contributed by atoms with Gasteiger partial charge in [-0.1, -0.05) is 23.2 Å². The zero-order valence-corrected chi connectivity index (χ0v) is 12.9. The smallest absolute Gasteiger partial charge is 0.196 e. The van der Waals surface area contributed by atoms with Crippen molar-refractivity contribution in [2.45, 2.75) is 6.92 Å². The molecule has 0 saturated heterocycles. The van der Waals surface area contributed by atoms with Gasteiger partial charge in [0.15, 0.2) is 11.2 Å². The normalized spacial score (nSPS) is 11.0. The molecule has 2 aromatic carbocycles. The highest BCUT2D eigenvalue weighted by molar-refractivity contribution is 6.37. The molecule has 0 fully saturated rings. The Kier molecular flexibility index (Phi) is 3.51. The topological polar surface area (TPSA) is 70.7 Å². The number of rotatable bonds is 1. The Morgan fingerprint density at radius 2 is 1.68 bits per heavy atom. The quantitative estimate of drug-likeness (QED) is 0.686. The van der Waals surface area contributed by atoms with Gasteiger partial charge in [-0.3, -0.25) is 4.79 Å². The Bertz CT molecular complexity index is 937. The highest BCUT2D eigenvalue weighted by atomic mass is 35.5. The molecule has 0 bridgehead atoms. The fourth-order valence-corrected chi connectivity index (χ4v) is 2.74. The molecule has 6 heteroatoms. The fraction of sp³-hybridized carbons (Fsp3) is 0.0625. The summed E-state index contributed by atoms with van der Waals surface area (Å²) in [7, 11) is 0. The van der Waals surface area contributed by atoms with Crippen molar-refractivity contribution in [1.29, 1.82) is 0 Å². The Hall–Kier alpha value is -2.17. The van der Waals surface area contributed by atoms with E-state index in [2.05, 4.69) is 0 Å². The van der Waals surface area contributed by atoms with Gasteiger partial charge >= 0.3 is 0 Å². The largest absolute Gasteiger partial charge is 0.508 e. The summed E-state index contributed by atoms with van der Waals surface area (Å²) in [5, 5.41) is 19.5. The van der Waals surface area contributed by atoms with Gasteiger partial charge in [-0.05, 0) is 37.3 Å². The lowest BCUT2D eigenvalue weighted by molar-refractivity contribution is 0.475. The Morgan fingerprint density at radius 3 is 2.32 bits per heavy atom. The molecule has 1 aromatic heterocycles. The van der Waals surface area contributed by atoms with E-state index in [0.29, 0.717) is 22.5 Å². The van der Waals surface area contributed by atoms with Crippen molar-refractivity contribution < 1.29 is 14.6 Å². The molecule has 22 heavy (non-hydrogen) atoms. The van der Waals surface area contributed by atoms with E-state index in [0.717, 1.165) is 0 Å². The average Bonchev–Trinajstić information content (AvgIpc) is 2.48. The molecule has 2 N–H and O–H groups in total. The van der Waals surface area contributed by atoms with Crippen LogP contribution in [0.2, 0.25) is 10.0 Å². The summed E-state index contributed by atoms with van der Waals surface area (Å²) in [6, 6.07) is 7.25. The van der Waals surface area contributed by atoms with Crippen LogP contribution in [0.1, 0.15) is 5.56 Å². The molecule has 0 amide bonds. The van der Waals surface area contributed by atoms with Crippen LogP contribution in [0.15, 0.2) is 39.5 Å².